The molecule has 5 atom stereocenters. The van der Waals surface area contributed by atoms with Crippen molar-refractivity contribution < 1.29 is 64.2 Å². The largest absolute Gasteiger partial charge is 0.504 e. The first-order valence-corrected chi connectivity index (χ1v) is 10.7. The molecule has 1 fully saturated rings. The van der Waals surface area contributed by atoms with Crippen molar-refractivity contribution in [2.24, 2.45) is 0 Å². The molecule has 0 spiro atoms. The van der Waals surface area contributed by atoms with E-state index in [2.05, 4.69) is 0 Å². The molecule has 3 aromatic rings. The number of rotatable bonds is 6. The third kappa shape index (κ3) is 4.20. The van der Waals surface area contributed by atoms with E-state index in [0.717, 1.165) is 32.4 Å². The second-order valence-electron chi connectivity index (χ2n) is 8.07. The molecule has 0 saturated carbocycles. The zero-order valence-corrected chi connectivity index (χ0v) is 19.4. The summed E-state index contributed by atoms with van der Waals surface area (Å²) >= 11 is 0. The van der Waals surface area contributed by atoms with Gasteiger partial charge in [-0.15, -0.1) is 0 Å². The van der Waals surface area contributed by atoms with Gasteiger partial charge in [-0.25, -0.2) is 0 Å². The molecule has 200 valence electrons. The number of aliphatic hydroxyl groups is 4. The number of benzene rings is 2. The van der Waals surface area contributed by atoms with Crippen LogP contribution in [0.15, 0.2) is 27.4 Å². The van der Waals surface area contributed by atoms with Crippen LogP contribution in [0.3, 0.4) is 0 Å². The number of phenolic OH excluding ortho intramolecular Hbond substituents is 4. The molecule has 14 nitrogen and oxygen atoms in total. The van der Waals surface area contributed by atoms with E-state index in [0.29, 0.717) is 0 Å². The number of phenols is 4. The SMILES string of the molecule is COc1c(O[C@@H]2OC(CO)[C@@H](O)[C@H](O)C2O)cc2oc(-c3ccc(O)c(O)c3O)c(OC)c(=O)c2c1O. The molecule has 14 heteroatoms. The second-order valence-corrected chi connectivity index (χ2v) is 8.07. The van der Waals surface area contributed by atoms with E-state index in [4.69, 9.17) is 23.4 Å². The van der Waals surface area contributed by atoms with Crippen LogP contribution in [0.5, 0.6) is 40.2 Å². The molecule has 2 aromatic carbocycles. The first-order valence-electron chi connectivity index (χ1n) is 10.7. The van der Waals surface area contributed by atoms with Crippen LogP contribution in [0.4, 0.5) is 0 Å². The second kappa shape index (κ2) is 9.84. The quantitative estimate of drug-likeness (QED) is 0.190. The highest BCUT2D eigenvalue weighted by Gasteiger charge is 2.45. The third-order valence-corrected chi connectivity index (χ3v) is 5.91. The molecule has 1 aliphatic heterocycles. The lowest BCUT2D eigenvalue weighted by Gasteiger charge is -2.39. The maximum absolute atomic E-state index is 13.2. The van der Waals surface area contributed by atoms with E-state index in [9.17, 15) is 45.6 Å². The molecular formula is C23H24O14. The van der Waals surface area contributed by atoms with Crippen LogP contribution in [0.1, 0.15) is 0 Å². The van der Waals surface area contributed by atoms with E-state index in [1.807, 2.05) is 0 Å². The van der Waals surface area contributed by atoms with Crippen molar-refractivity contribution in [1.29, 1.82) is 0 Å². The fourth-order valence-electron chi connectivity index (χ4n) is 3.97. The van der Waals surface area contributed by atoms with E-state index in [-0.39, 0.29) is 22.7 Å². The normalized spacial score (nSPS) is 23.7. The Kier molecular flexibility index (Phi) is 6.94. The van der Waals surface area contributed by atoms with Gasteiger partial charge in [-0.2, -0.15) is 0 Å². The summed E-state index contributed by atoms with van der Waals surface area (Å²) in [4.78, 5) is 13.2. The number of hydrogen-bond donors (Lipinski definition) is 8. The van der Waals surface area contributed by atoms with Gasteiger partial charge in [0.05, 0.1) is 26.4 Å². The smallest absolute Gasteiger partial charge is 0.239 e. The van der Waals surface area contributed by atoms with Gasteiger partial charge >= 0.3 is 0 Å². The molecule has 0 bridgehead atoms. The van der Waals surface area contributed by atoms with Crippen LogP contribution in [0.2, 0.25) is 0 Å². The van der Waals surface area contributed by atoms with Crippen molar-refractivity contribution in [2.45, 2.75) is 30.7 Å². The minimum atomic E-state index is -1.80. The molecule has 1 aliphatic rings. The third-order valence-electron chi connectivity index (χ3n) is 5.91. The van der Waals surface area contributed by atoms with Gasteiger partial charge in [0.2, 0.25) is 29.0 Å². The lowest BCUT2D eigenvalue weighted by molar-refractivity contribution is -0.277. The monoisotopic (exact) mass is 524 g/mol. The molecule has 2 unspecified atom stereocenters. The first-order chi connectivity index (χ1) is 17.5. The molecule has 37 heavy (non-hydrogen) atoms. The minimum Gasteiger partial charge on any atom is -0.504 e. The van der Waals surface area contributed by atoms with E-state index >= 15 is 0 Å². The maximum Gasteiger partial charge on any atom is 0.239 e. The van der Waals surface area contributed by atoms with Crippen LogP contribution in [0, 0.1) is 0 Å². The number of aliphatic hydroxyl groups excluding tert-OH is 4. The van der Waals surface area contributed by atoms with Crippen molar-refractivity contribution in [1.82, 2.24) is 0 Å². The lowest BCUT2D eigenvalue weighted by Crippen LogP contribution is -2.60. The molecule has 8 N–H and O–H groups in total. The highest BCUT2D eigenvalue weighted by atomic mass is 16.7. The van der Waals surface area contributed by atoms with E-state index in [1.54, 1.807) is 0 Å². The van der Waals surface area contributed by atoms with Crippen molar-refractivity contribution in [3.05, 3.63) is 28.4 Å². The van der Waals surface area contributed by atoms with Crippen molar-refractivity contribution in [3.8, 4) is 51.6 Å². The fraction of sp³-hybridized carbons (Fsp3) is 0.348. The van der Waals surface area contributed by atoms with Crippen LogP contribution in [-0.2, 0) is 4.74 Å². The van der Waals surface area contributed by atoms with Crippen molar-refractivity contribution in [3.63, 3.8) is 0 Å². The van der Waals surface area contributed by atoms with Gasteiger partial charge in [-0.05, 0) is 12.1 Å². The zero-order chi connectivity index (χ0) is 27.2. The number of ether oxygens (including phenoxy) is 4. The first kappa shape index (κ1) is 26.1. The van der Waals surface area contributed by atoms with Gasteiger partial charge in [0, 0.05) is 6.07 Å². The van der Waals surface area contributed by atoms with Crippen LogP contribution < -0.4 is 19.6 Å². The van der Waals surface area contributed by atoms with Crippen molar-refractivity contribution >= 4 is 11.0 Å². The summed E-state index contributed by atoms with van der Waals surface area (Å²) in [5.41, 5.74) is -1.47. The number of hydrogen-bond acceptors (Lipinski definition) is 14. The predicted molar refractivity (Wildman–Crippen MR) is 122 cm³/mol. The van der Waals surface area contributed by atoms with Gasteiger partial charge in [-0.1, -0.05) is 0 Å². The van der Waals surface area contributed by atoms with Crippen LogP contribution in [-0.4, -0.2) is 92.4 Å². The average molecular weight is 524 g/mol. The predicted octanol–water partition coefficient (Wildman–Crippen LogP) is -0.522. The minimum absolute atomic E-state index is 0.238. The average Bonchev–Trinajstić information content (AvgIpc) is 2.87. The Morgan fingerprint density at radius 3 is 2.19 bits per heavy atom. The Labute approximate surface area is 207 Å². The van der Waals surface area contributed by atoms with Gasteiger partial charge < -0.3 is 64.2 Å². The molecule has 0 radical (unpaired) electrons. The summed E-state index contributed by atoms with van der Waals surface area (Å²) in [5, 5.41) is 80.0. The summed E-state index contributed by atoms with van der Waals surface area (Å²) < 4.78 is 26.9. The molecule has 0 amide bonds. The summed E-state index contributed by atoms with van der Waals surface area (Å²) in [6, 6.07) is 3.26. The maximum atomic E-state index is 13.2. The molecule has 1 saturated heterocycles. The standard InChI is InChI=1S/C23H24O14/c1-33-21-10(36-23-19(32)18(31)15(28)11(6-24)37-23)5-9-12(16(21)29)17(30)22(34-2)20(35-9)7-3-4-8(25)14(27)13(7)26/h3-5,11,15,18-19,23-29,31-32H,6H2,1-2H3/t11?,15-,18+,19?,23-/m1/s1. The molecular weight excluding hydrogens is 500 g/mol. The molecule has 4 rings (SSSR count). The number of fused-ring (bicyclic) bond motifs is 1. The fourth-order valence-corrected chi connectivity index (χ4v) is 3.97. The molecule has 1 aromatic heterocycles. The molecule has 2 heterocycles. The van der Waals surface area contributed by atoms with Crippen LogP contribution >= 0.6 is 0 Å². The van der Waals surface area contributed by atoms with E-state index in [1.165, 1.54) is 0 Å². The van der Waals surface area contributed by atoms with Gasteiger partial charge in [0.1, 0.15) is 35.4 Å². The van der Waals surface area contributed by atoms with Crippen molar-refractivity contribution in [2.75, 3.05) is 20.8 Å². The van der Waals surface area contributed by atoms with Crippen LogP contribution in [0.25, 0.3) is 22.3 Å². The Hall–Kier alpha value is -3.95. The Bertz CT molecular complexity index is 1380. The van der Waals surface area contributed by atoms with E-state index < -0.39 is 82.6 Å². The number of aromatic hydroxyl groups is 4. The zero-order valence-electron chi connectivity index (χ0n) is 19.4. The Morgan fingerprint density at radius 1 is 0.892 bits per heavy atom. The topological polar surface area (TPSA) is 229 Å². The highest BCUT2D eigenvalue weighted by molar-refractivity contribution is 5.92. The highest BCUT2D eigenvalue weighted by Crippen LogP contribution is 2.48. The number of methoxy groups -OCH3 is 2. The Balaban J connectivity index is 1.90. The van der Waals surface area contributed by atoms with Gasteiger partial charge in [0.25, 0.3) is 0 Å². The van der Waals surface area contributed by atoms with Gasteiger partial charge in [0.15, 0.2) is 28.8 Å². The summed E-state index contributed by atoms with van der Waals surface area (Å²) in [5.74, 6) is -4.67. The lowest BCUT2D eigenvalue weighted by atomic mass is 9.99. The summed E-state index contributed by atoms with van der Waals surface area (Å²) in [6.45, 7) is -0.716. The summed E-state index contributed by atoms with van der Waals surface area (Å²) in [6.07, 6.45) is -8.15. The molecule has 0 aliphatic carbocycles. The summed E-state index contributed by atoms with van der Waals surface area (Å²) in [7, 11) is 2.27. The van der Waals surface area contributed by atoms with Gasteiger partial charge in [-0.3, -0.25) is 4.79 Å². The Morgan fingerprint density at radius 2 is 1.57 bits per heavy atom.